The number of rotatable bonds is 7. The van der Waals surface area contributed by atoms with E-state index < -0.39 is 30.5 Å². The molecule has 2 rings (SSSR count). The number of benzene rings is 2. The Morgan fingerprint density at radius 1 is 0.960 bits per heavy atom. The third-order valence-electron chi connectivity index (χ3n) is 3.24. The predicted molar refractivity (Wildman–Crippen MR) is 92.2 cm³/mol. The molecule has 0 bridgehead atoms. The smallest absolute Gasteiger partial charge is 0.345 e. The second kappa shape index (κ2) is 10.7. The number of carboxylic acids is 1. The largest absolute Gasteiger partial charge is 0.478 e. The zero-order chi connectivity index (χ0) is 17.4. The van der Waals surface area contributed by atoms with Gasteiger partial charge in [0.05, 0.1) is 0 Å². The van der Waals surface area contributed by atoms with Crippen molar-refractivity contribution < 1.29 is 24.2 Å². The summed E-state index contributed by atoms with van der Waals surface area (Å²) in [7, 11) is 0. The van der Waals surface area contributed by atoms with Crippen LogP contribution in [-0.4, -0.2) is 65.2 Å². The second-order valence-corrected chi connectivity index (χ2v) is 5.06. The van der Waals surface area contributed by atoms with Gasteiger partial charge in [-0.2, -0.15) is 0 Å². The Balaban J connectivity index is 0.00000312. The fraction of sp³-hybridized carbons (Fsp3) is 0.167. The van der Waals surface area contributed by atoms with Crippen LogP contribution < -0.4 is 5.32 Å². The zero-order valence-corrected chi connectivity index (χ0v) is 15.8. The SMILES string of the molecule is O=C(CNC(=O)c1ccccc1)OC(Cc1ccccc1)C(=O)O.[Na]. The van der Waals surface area contributed by atoms with E-state index in [2.05, 4.69) is 5.32 Å². The molecular weight excluding hydrogens is 333 g/mol. The van der Waals surface area contributed by atoms with E-state index >= 15 is 0 Å². The van der Waals surface area contributed by atoms with Crippen molar-refractivity contribution >= 4 is 47.4 Å². The number of aliphatic carboxylic acids is 1. The van der Waals surface area contributed by atoms with E-state index in [9.17, 15) is 19.5 Å². The molecule has 7 heteroatoms. The normalized spacial score (nSPS) is 10.9. The van der Waals surface area contributed by atoms with Crippen LogP contribution >= 0.6 is 0 Å². The zero-order valence-electron chi connectivity index (χ0n) is 13.8. The Morgan fingerprint density at radius 2 is 1.52 bits per heavy atom. The summed E-state index contributed by atoms with van der Waals surface area (Å²) in [6.07, 6.45) is -1.23. The molecule has 2 N–H and O–H groups in total. The van der Waals surface area contributed by atoms with Crippen LogP contribution in [0.15, 0.2) is 60.7 Å². The second-order valence-electron chi connectivity index (χ2n) is 5.06. The first-order valence-electron chi connectivity index (χ1n) is 7.35. The molecule has 125 valence electrons. The van der Waals surface area contributed by atoms with Gasteiger partial charge in [0, 0.05) is 41.5 Å². The molecule has 2 aromatic rings. The van der Waals surface area contributed by atoms with Crippen molar-refractivity contribution in [2.24, 2.45) is 0 Å². The topological polar surface area (TPSA) is 92.7 Å². The van der Waals surface area contributed by atoms with Crippen molar-refractivity contribution in [1.82, 2.24) is 5.32 Å². The number of nitrogens with one attached hydrogen (secondary N) is 1. The molecule has 0 aliphatic carbocycles. The summed E-state index contributed by atoms with van der Waals surface area (Å²) in [4.78, 5) is 34.8. The molecule has 1 unspecified atom stereocenters. The fourth-order valence-corrected chi connectivity index (χ4v) is 2.05. The van der Waals surface area contributed by atoms with Gasteiger partial charge in [-0.1, -0.05) is 48.5 Å². The average molecular weight is 350 g/mol. The van der Waals surface area contributed by atoms with Crippen molar-refractivity contribution in [1.29, 1.82) is 0 Å². The predicted octanol–water partition coefficient (Wildman–Crippen LogP) is 1.27. The summed E-state index contributed by atoms with van der Waals surface area (Å²) in [5.74, 6) is -2.47. The first-order valence-corrected chi connectivity index (χ1v) is 7.35. The fourth-order valence-electron chi connectivity index (χ4n) is 2.05. The summed E-state index contributed by atoms with van der Waals surface area (Å²) < 4.78 is 4.95. The Labute approximate surface area is 167 Å². The minimum atomic E-state index is -1.30. The van der Waals surface area contributed by atoms with Gasteiger partial charge in [-0.25, -0.2) is 4.79 Å². The molecule has 1 amide bonds. The van der Waals surface area contributed by atoms with Crippen LogP contribution in [0.3, 0.4) is 0 Å². The standard InChI is InChI=1S/C18H17NO5.Na/c20-16(12-19-17(21)14-9-5-2-6-10-14)24-15(18(22)23)11-13-7-3-1-4-8-13;/h1-10,15H,11-12H2,(H,19,21)(H,22,23);. The van der Waals surface area contributed by atoms with Crippen molar-refractivity contribution in [3.8, 4) is 0 Å². The molecule has 6 nitrogen and oxygen atoms in total. The number of hydrogen-bond donors (Lipinski definition) is 2. The molecule has 25 heavy (non-hydrogen) atoms. The minimum Gasteiger partial charge on any atom is -0.478 e. The van der Waals surface area contributed by atoms with Gasteiger partial charge >= 0.3 is 11.9 Å². The van der Waals surface area contributed by atoms with Crippen LogP contribution in [0.4, 0.5) is 0 Å². The molecule has 0 aliphatic heterocycles. The van der Waals surface area contributed by atoms with Gasteiger partial charge in [0.25, 0.3) is 5.91 Å². The van der Waals surface area contributed by atoms with Gasteiger partial charge in [-0.15, -0.1) is 0 Å². The van der Waals surface area contributed by atoms with Gasteiger partial charge in [0.2, 0.25) is 6.10 Å². The maximum absolute atomic E-state index is 11.8. The molecule has 0 saturated heterocycles. The van der Waals surface area contributed by atoms with E-state index in [-0.39, 0.29) is 36.0 Å². The number of carbonyl (C=O) groups is 3. The Hall–Kier alpha value is -2.15. The van der Waals surface area contributed by atoms with Crippen LogP contribution in [0.1, 0.15) is 15.9 Å². The van der Waals surface area contributed by atoms with E-state index in [0.29, 0.717) is 5.56 Å². The molecule has 0 heterocycles. The first kappa shape index (κ1) is 20.9. The van der Waals surface area contributed by atoms with Crippen LogP contribution in [0.5, 0.6) is 0 Å². The van der Waals surface area contributed by atoms with Crippen LogP contribution in [0, 0.1) is 0 Å². The van der Waals surface area contributed by atoms with Gasteiger partial charge < -0.3 is 15.2 Å². The van der Waals surface area contributed by atoms with Gasteiger partial charge in [-0.05, 0) is 17.7 Å². The number of ether oxygens (including phenoxy) is 1. The van der Waals surface area contributed by atoms with Crippen LogP contribution in [0.2, 0.25) is 0 Å². The van der Waals surface area contributed by atoms with Gasteiger partial charge in [-0.3, -0.25) is 9.59 Å². The molecule has 1 atom stereocenters. The van der Waals surface area contributed by atoms with Crippen molar-refractivity contribution in [3.63, 3.8) is 0 Å². The van der Waals surface area contributed by atoms with E-state index in [0.717, 1.165) is 5.56 Å². The average Bonchev–Trinajstić information content (AvgIpc) is 2.60. The number of hydrogen-bond acceptors (Lipinski definition) is 4. The summed E-state index contributed by atoms with van der Waals surface area (Å²) in [6.45, 7) is -0.397. The van der Waals surface area contributed by atoms with Crippen LogP contribution in [0.25, 0.3) is 0 Å². The summed E-state index contributed by atoms with van der Waals surface area (Å²) in [6, 6.07) is 17.2. The van der Waals surface area contributed by atoms with Crippen molar-refractivity contribution in [2.45, 2.75) is 12.5 Å². The van der Waals surface area contributed by atoms with Crippen molar-refractivity contribution in [2.75, 3.05) is 6.54 Å². The molecule has 1 radical (unpaired) electrons. The van der Waals surface area contributed by atoms with Gasteiger partial charge in [0.1, 0.15) is 6.54 Å². The van der Waals surface area contributed by atoms with E-state index in [1.807, 2.05) is 6.07 Å². The number of carbonyl (C=O) groups excluding carboxylic acids is 2. The maximum atomic E-state index is 11.8. The monoisotopic (exact) mass is 350 g/mol. The van der Waals surface area contributed by atoms with Crippen LogP contribution in [-0.2, 0) is 20.7 Å². The third kappa shape index (κ3) is 7.09. The van der Waals surface area contributed by atoms with Gasteiger partial charge in [0.15, 0.2) is 0 Å². The number of esters is 1. The molecule has 0 aromatic heterocycles. The first-order chi connectivity index (χ1) is 11.6. The molecular formula is C18H17NNaO5. The summed E-state index contributed by atoms with van der Waals surface area (Å²) >= 11 is 0. The summed E-state index contributed by atoms with van der Waals surface area (Å²) in [5.41, 5.74) is 1.15. The van der Waals surface area contributed by atoms with E-state index in [1.54, 1.807) is 54.6 Å². The summed E-state index contributed by atoms with van der Waals surface area (Å²) in [5, 5.41) is 11.6. The van der Waals surface area contributed by atoms with Crippen molar-refractivity contribution in [3.05, 3.63) is 71.8 Å². The quantitative estimate of drug-likeness (QED) is 0.580. The molecule has 2 aromatic carbocycles. The molecule has 0 saturated carbocycles. The molecule has 0 fully saturated rings. The maximum Gasteiger partial charge on any atom is 0.345 e. The Bertz CT molecular complexity index is 706. The van der Waals surface area contributed by atoms with E-state index in [1.165, 1.54) is 0 Å². The number of carboxylic acid groups (broad SMARTS) is 1. The number of amides is 1. The minimum absolute atomic E-state index is 0. The Morgan fingerprint density at radius 3 is 2.08 bits per heavy atom. The molecule has 0 spiro atoms. The van der Waals surface area contributed by atoms with E-state index in [4.69, 9.17) is 4.74 Å². The third-order valence-corrected chi connectivity index (χ3v) is 3.24. The Kier molecular flexibility index (Phi) is 8.91. The molecule has 0 aliphatic rings.